The van der Waals surface area contributed by atoms with E-state index >= 15 is 0 Å². The van der Waals surface area contributed by atoms with Crippen LogP contribution in [0.25, 0.3) is 5.69 Å². The lowest BCUT2D eigenvalue weighted by Crippen LogP contribution is -2.15. The average molecular weight is 501 g/mol. The van der Waals surface area contributed by atoms with E-state index in [1.54, 1.807) is 0 Å². The molecule has 0 aliphatic carbocycles. The van der Waals surface area contributed by atoms with E-state index in [0.717, 1.165) is 29.1 Å². The van der Waals surface area contributed by atoms with E-state index in [4.69, 9.17) is 4.74 Å². The maximum atomic E-state index is 12.7. The van der Waals surface area contributed by atoms with Gasteiger partial charge in [0.25, 0.3) is 0 Å². The summed E-state index contributed by atoms with van der Waals surface area (Å²) in [5.74, 6) is 2.07. The highest BCUT2D eigenvalue weighted by molar-refractivity contribution is 7.99. The second-order valence-electron chi connectivity index (χ2n) is 8.94. The third-order valence-electron chi connectivity index (χ3n) is 6.09. The van der Waals surface area contributed by atoms with Crippen LogP contribution in [0.15, 0.2) is 78.0 Å². The van der Waals surface area contributed by atoms with Crippen LogP contribution in [0.3, 0.4) is 0 Å². The second-order valence-corrected chi connectivity index (χ2v) is 9.88. The Kier molecular flexibility index (Phi) is 8.44. The Hall–Kier alpha value is -3.58. The average Bonchev–Trinajstić information content (AvgIpc) is 3.30. The van der Waals surface area contributed by atoms with Crippen molar-refractivity contribution < 1.29 is 9.53 Å². The molecule has 0 saturated carbocycles. The molecule has 1 N–H and O–H groups in total. The van der Waals surface area contributed by atoms with E-state index in [1.165, 1.54) is 22.9 Å². The van der Waals surface area contributed by atoms with Crippen molar-refractivity contribution in [3.8, 4) is 11.4 Å². The van der Waals surface area contributed by atoms with Gasteiger partial charge >= 0.3 is 0 Å². The first kappa shape index (κ1) is 25.5. The molecule has 0 aliphatic rings. The quantitative estimate of drug-likeness (QED) is 0.245. The summed E-state index contributed by atoms with van der Waals surface area (Å²) in [5.41, 5.74) is 5.33. The largest absolute Gasteiger partial charge is 0.486 e. The Balaban J connectivity index is 1.46. The van der Waals surface area contributed by atoms with Crippen molar-refractivity contribution in [1.29, 1.82) is 0 Å². The number of hydrogen-bond acceptors (Lipinski definition) is 5. The number of carbonyl (C=O) groups excluding carboxylic acids is 1. The molecule has 0 aliphatic heterocycles. The van der Waals surface area contributed by atoms with Crippen molar-refractivity contribution in [2.45, 2.75) is 51.8 Å². The fraction of sp³-hybridized carbons (Fsp3) is 0.276. The number of carbonyl (C=O) groups is 1. The van der Waals surface area contributed by atoms with Gasteiger partial charge in [0.15, 0.2) is 11.0 Å². The van der Waals surface area contributed by atoms with Gasteiger partial charge in [0, 0.05) is 11.4 Å². The molecule has 0 fully saturated rings. The van der Waals surface area contributed by atoms with Crippen LogP contribution in [-0.4, -0.2) is 26.4 Å². The molecule has 0 saturated heterocycles. The molecule has 0 unspecified atom stereocenters. The summed E-state index contributed by atoms with van der Waals surface area (Å²) in [4.78, 5) is 12.7. The number of amides is 1. The van der Waals surface area contributed by atoms with Crippen LogP contribution >= 0.6 is 11.8 Å². The summed E-state index contributed by atoms with van der Waals surface area (Å²) in [7, 11) is 0. The minimum atomic E-state index is -0.0906. The van der Waals surface area contributed by atoms with Crippen LogP contribution in [-0.2, 0) is 11.4 Å². The molecule has 6 nitrogen and oxygen atoms in total. The van der Waals surface area contributed by atoms with Crippen molar-refractivity contribution >= 4 is 23.4 Å². The lowest BCUT2D eigenvalue weighted by molar-refractivity contribution is -0.113. The molecule has 1 amide bonds. The van der Waals surface area contributed by atoms with Crippen molar-refractivity contribution in [3.05, 3.63) is 95.3 Å². The SMILES string of the molecule is CC[C@H](C)c1ccc(NC(=O)CSc2nnc(COc3ccc(C)cc3)n2-c2ccc(C)cc2)cc1. The zero-order valence-corrected chi connectivity index (χ0v) is 22.0. The molecular formula is C29H32N4O2S. The summed E-state index contributed by atoms with van der Waals surface area (Å²) < 4.78 is 7.92. The predicted octanol–water partition coefficient (Wildman–Crippen LogP) is 6.71. The fourth-order valence-corrected chi connectivity index (χ4v) is 4.45. The van der Waals surface area contributed by atoms with Crippen LogP contribution in [0.5, 0.6) is 5.75 Å². The van der Waals surface area contributed by atoms with Gasteiger partial charge in [0.2, 0.25) is 5.91 Å². The molecule has 7 heteroatoms. The van der Waals surface area contributed by atoms with E-state index in [0.29, 0.717) is 16.9 Å². The van der Waals surface area contributed by atoms with Gasteiger partial charge in [-0.15, -0.1) is 10.2 Å². The minimum Gasteiger partial charge on any atom is -0.486 e. The fourth-order valence-electron chi connectivity index (χ4n) is 3.68. The molecule has 0 radical (unpaired) electrons. The first-order valence-electron chi connectivity index (χ1n) is 12.2. The molecule has 1 aromatic heterocycles. The van der Waals surface area contributed by atoms with Gasteiger partial charge in [0.05, 0.1) is 5.75 Å². The van der Waals surface area contributed by atoms with Gasteiger partial charge in [-0.2, -0.15) is 0 Å². The topological polar surface area (TPSA) is 69.0 Å². The number of nitrogens with zero attached hydrogens (tertiary/aromatic N) is 3. The third-order valence-corrected chi connectivity index (χ3v) is 7.02. The minimum absolute atomic E-state index is 0.0906. The van der Waals surface area contributed by atoms with Crippen LogP contribution in [0.2, 0.25) is 0 Å². The smallest absolute Gasteiger partial charge is 0.234 e. The third kappa shape index (κ3) is 6.55. The summed E-state index contributed by atoms with van der Waals surface area (Å²) in [5, 5.41) is 12.4. The number of ether oxygens (including phenoxy) is 1. The molecule has 1 atom stereocenters. The van der Waals surface area contributed by atoms with Gasteiger partial charge < -0.3 is 10.1 Å². The van der Waals surface area contributed by atoms with Gasteiger partial charge in [-0.25, -0.2) is 0 Å². The Morgan fingerprint density at radius 2 is 1.58 bits per heavy atom. The highest BCUT2D eigenvalue weighted by Gasteiger charge is 2.17. The summed E-state index contributed by atoms with van der Waals surface area (Å²) in [6, 6.07) is 24.1. The van der Waals surface area contributed by atoms with E-state index in [2.05, 4.69) is 41.5 Å². The molecule has 186 valence electrons. The van der Waals surface area contributed by atoms with Crippen LogP contribution < -0.4 is 10.1 Å². The normalized spacial score (nSPS) is 11.8. The number of thioether (sulfide) groups is 1. The molecule has 0 spiro atoms. The monoisotopic (exact) mass is 500 g/mol. The van der Waals surface area contributed by atoms with Crippen LogP contribution in [0.1, 0.15) is 48.7 Å². The number of nitrogens with one attached hydrogen (secondary N) is 1. The second kappa shape index (κ2) is 11.9. The molecule has 1 heterocycles. The Morgan fingerprint density at radius 1 is 0.944 bits per heavy atom. The van der Waals surface area contributed by atoms with E-state index in [-0.39, 0.29) is 18.3 Å². The van der Waals surface area contributed by atoms with Crippen molar-refractivity contribution in [2.24, 2.45) is 0 Å². The van der Waals surface area contributed by atoms with Gasteiger partial charge in [-0.1, -0.05) is 73.1 Å². The van der Waals surface area contributed by atoms with Crippen molar-refractivity contribution in [3.63, 3.8) is 0 Å². The van der Waals surface area contributed by atoms with E-state index in [1.807, 2.05) is 79.1 Å². The highest BCUT2D eigenvalue weighted by Crippen LogP contribution is 2.25. The molecule has 4 rings (SSSR count). The zero-order chi connectivity index (χ0) is 25.5. The van der Waals surface area contributed by atoms with Gasteiger partial charge in [-0.3, -0.25) is 9.36 Å². The molecule has 0 bridgehead atoms. The summed E-state index contributed by atoms with van der Waals surface area (Å²) in [6.07, 6.45) is 1.09. The first-order chi connectivity index (χ1) is 17.4. The van der Waals surface area contributed by atoms with Gasteiger partial charge in [-0.05, 0) is 68.1 Å². The Morgan fingerprint density at radius 3 is 2.22 bits per heavy atom. The zero-order valence-electron chi connectivity index (χ0n) is 21.2. The summed E-state index contributed by atoms with van der Waals surface area (Å²) >= 11 is 1.35. The highest BCUT2D eigenvalue weighted by atomic mass is 32.2. The lowest BCUT2D eigenvalue weighted by atomic mass is 9.99. The molecule has 3 aromatic carbocycles. The number of aryl methyl sites for hydroxylation is 2. The number of hydrogen-bond donors (Lipinski definition) is 1. The Labute approximate surface area is 217 Å². The Bertz CT molecular complexity index is 1280. The van der Waals surface area contributed by atoms with Crippen LogP contribution in [0.4, 0.5) is 5.69 Å². The predicted molar refractivity (Wildman–Crippen MR) is 146 cm³/mol. The van der Waals surface area contributed by atoms with Crippen LogP contribution in [0, 0.1) is 13.8 Å². The number of benzene rings is 3. The standard InChI is InChI=1S/C29H32N4O2S/c1-5-22(4)23-10-12-24(13-11-23)30-28(34)19-36-29-32-31-27(18-35-26-16-8-21(3)9-17-26)33(29)25-14-6-20(2)7-15-25/h6-17,22H,5,18-19H2,1-4H3,(H,30,34)/t22-/m0/s1. The van der Waals surface area contributed by atoms with Gasteiger partial charge in [0.1, 0.15) is 12.4 Å². The molecule has 4 aromatic rings. The van der Waals surface area contributed by atoms with E-state index in [9.17, 15) is 4.79 Å². The van der Waals surface area contributed by atoms with Crippen molar-refractivity contribution in [1.82, 2.24) is 14.8 Å². The lowest BCUT2D eigenvalue weighted by Gasteiger charge is -2.12. The number of rotatable bonds is 10. The first-order valence-corrected chi connectivity index (χ1v) is 13.1. The maximum absolute atomic E-state index is 12.7. The number of anilines is 1. The van der Waals surface area contributed by atoms with E-state index < -0.39 is 0 Å². The molecular weight excluding hydrogens is 468 g/mol. The maximum Gasteiger partial charge on any atom is 0.234 e. The molecule has 36 heavy (non-hydrogen) atoms. The summed E-state index contributed by atoms with van der Waals surface area (Å²) in [6.45, 7) is 8.73. The number of aromatic nitrogens is 3. The van der Waals surface area contributed by atoms with Crippen molar-refractivity contribution in [2.75, 3.05) is 11.1 Å².